The molecule has 0 aromatic heterocycles. The third-order valence-corrected chi connectivity index (χ3v) is 2.84. The summed E-state index contributed by atoms with van der Waals surface area (Å²) in [6.45, 7) is 5.92. The van der Waals surface area contributed by atoms with E-state index in [2.05, 4.69) is 0 Å². The molecule has 0 fully saturated rings. The number of nitrogens with zero attached hydrogens (tertiary/aromatic N) is 1. The summed E-state index contributed by atoms with van der Waals surface area (Å²) in [6.07, 6.45) is 0.280. The van der Waals surface area contributed by atoms with Gasteiger partial charge in [-0.25, -0.2) is 9.59 Å². The fourth-order valence-corrected chi connectivity index (χ4v) is 2.02. The first-order valence-electron chi connectivity index (χ1n) is 6.15. The number of ether oxygens (including phenoxy) is 1. The Kier molecular flexibility index (Phi) is 3.22. The summed E-state index contributed by atoms with van der Waals surface area (Å²) in [5, 5.41) is 8.99. The topological polar surface area (TPSA) is 66.8 Å². The SMILES string of the molecule is CC(C)(C)OC(=O)N1CCc2ccc(C(=O)O)cc21. The lowest BCUT2D eigenvalue weighted by molar-refractivity contribution is 0.0582. The zero-order chi connectivity index (χ0) is 14.2. The number of carboxylic acids is 1. The third kappa shape index (κ3) is 2.86. The van der Waals surface area contributed by atoms with E-state index in [-0.39, 0.29) is 5.56 Å². The molecule has 1 aliphatic rings. The van der Waals surface area contributed by atoms with Gasteiger partial charge in [0.1, 0.15) is 5.60 Å². The summed E-state index contributed by atoms with van der Waals surface area (Å²) in [5.41, 5.74) is 1.21. The Balaban J connectivity index is 2.28. The highest BCUT2D eigenvalue weighted by molar-refractivity contribution is 5.94. The molecule has 0 bridgehead atoms. The summed E-state index contributed by atoms with van der Waals surface area (Å²) in [7, 11) is 0. The van der Waals surface area contributed by atoms with Gasteiger partial charge in [-0.15, -0.1) is 0 Å². The fourth-order valence-electron chi connectivity index (χ4n) is 2.02. The van der Waals surface area contributed by atoms with Crippen molar-refractivity contribution in [3.05, 3.63) is 29.3 Å². The van der Waals surface area contributed by atoms with Gasteiger partial charge in [0, 0.05) is 6.54 Å². The van der Waals surface area contributed by atoms with Crippen LogP contribution in [0.5, 0.6) is 0 Å². The molecule has 0 spiro atoms. The van der Waals surface area contributed by atoms with Gasteiger partial charge in [0.15, 0.2) is 0 Å². The van der Waals surface area contributed by atoms with Crippen molar-refractivity contribution in [2.24, 2.45) is 0 Å². The molecule has 0 unspecified atom stereocenters. The van der Waals surface area contributed by atoms with Gasteiger partial charge in [0.25, 0.3) is 0 Å². The Morgan fingerprint density at radius 3 is 2.58 bits per heavy atom. The van der Waals surface area contributed by atoms with Gasteiger partial charge in [-0.3, -0.25) is 4.90 Å². The Morgan fingerprint density at radius 1 is 1.32 bits per heavy atom. The van der Waals surface area contributed by atoms with Crippen molar-refractivity contribution >= 4 is 17.7 Å². The molecule has 1 amide bonds. The normalized spacial score (nSPS) is 14.2. The van der Waals surface area contributed by atoms with Gasteiger partial charge in [-0.2, -0.15) is 0 Å². The van der Waals surface area contributed by atoms with Crippen molar-refractivity contribution in [1.82, 2.24) is 0 Å². The molecule has 2 rings (SSSR count). The molecule has 0 saturated carbocycles. The summed E-state index contributed by atoms with van der Waals surface area (Å²) in [6, 6.07) is 4.83. The molecule has 1 aliphatic heterocycles. The number of aromatic carboxylic acids is 1. The van der Waals surface area contributed by atoms with Gasteiger partial charge >= 0.3 is 12.1 Å². The van der Waals surface area contributed by atoms with E-state index < -0.39 is 17.7 Å². The number of rotatable bonds is 1. The van der Waals surface area contributed by atoms with Crippen molar-refractivity contribution in [2.45, 2.75) is 32.8 Å². The van der Waals surface area contributed by atoms with Crippen LogP contribution in [-0.2, 0) is 11.2 Å². The maximum Gasteiger partial charge on any atom is 0.414 e. The van der Waals surface area contributed by atoms with Crippen LogP contribution in [0.1, 0.15) is 36.7 Å². The number of carbonyl (C=O) groups excluding carboxylic acids is 1. The predicted molar refractivity (Wildman–Crippen MR) is 70.7 cm³/mol. The maximum absolute atomic E-state index is 12.1. The molecule has 5 nitrogen and oxygen atoms in total. The van der Waals surface area contributed by atoms with Gasteiger partial charge in [0.2, 0.25) is 0 Å². The number of anilines is 1. The molecule has 0 saturated heterocycles. The molecule has 1 aromatic carbocycles. The Bertz CT molecular complexity index is 531. The number of fused-ring (bicyclic) bond motifs is 1. The molecule has 19 heavy (non-hydrogen) atoms. The highest BCUT2D eigenvalue weighted by Gasteiger charge is 2.29. The van der Waals surface area contributed by atoms with Crippen molar-refractivity contribution in [3.8, 4) is 0 Å². The zero-order valence-electron chi connectivity index (χ0n) is 11.3. The molecule has 0 aliphatic carbocycles. The second-order valence-electron chi connectivity index (χ2n) is 5.53. The van der Waals surface area contributed by atoms with Crippen LogP contribution >= 0.6 is 0 Å². The van der Waals surface area contributed by atoms with E-state index in [9.17, 15) is 9.59 Å². The minimum Gasteiger partial charge on any atom is -0.478 e. The number of amides is 1. The molecular weight excluding hydrogens is 246 g/mol. The molecular formula is C14H17NO4. The molecule has 1 aromatic rings. The van der Waals surface area contributed by atoms with E-state index in [1.807, 2.05) is 0 Å². The van der Waals surface area contributed by atoms with Crippen LogP contribution in [0.4, 0.5) is 10.5 Å². The molecule has 0 radical (unpaired) electrons. The van der Waals surface area contributed by atoms with Crippen molar-refractivity contribution in [2.75, 3.05) is 11.4 Å². The fraction of sp³-hybridized carbons (Fsp3) is 0.429. The average Bonchev–Trinajstić information content (AvgIpc) is 2.68. The maximum atomic E-state index is 12.1. The predicted octanol–water partition coefficient (Wildman–Crippen LogP) is 2.68. The van der Waals surface area contributed by atoms with E-state index in [0.717, 1.165) is 5.56 Å². The van der Waals surface area contributed by atoms with Gasteiger partial charge in [-0.1, -0.05) is 6.07 Å². The number of carboxylic acid groups (broad SMARTS) is 1. The number of benzene rings is 1. The largest absolute Gasteiger partial charge is 0.478 e. The monoisotopic (exact) mass is 263 g/mol. The van der Waals surface area contributed by atoms with Crippen LogP contribution in [0, 0.1) is 0 Å². The number of hydrogen-bond donors (Lipinski definition) is 1. The van der Waals surface area contributed by atoms with Gasteiger partial charge < -0.3 is 9.84 Å². The average molecular weight is 263 g/mol. The number of hydrogen-bond acceptors (Lipinski definition) is 3. The van der Waals surface area contributed by atoms with Crippen molar-refractivity contribution < 1.29 is 19.4 Å². The van der Waals surface area contributed by atoms with Gasteiger partial charge in [-0.05, 0) is 44.9 Å². The summed E-state index contributed by atoms with van der Waals surface area (Å²) in [5.74, 6) is -1.00. The third-order valence-electron chi connectivity index (χ3n) is 2.84. The first-order valence-corrected chi connectivity index (χ1v) is 6.15. The van der Waals surface area contributed by atoms with E-state index in [1.165, 1.54) is 11.0 Å². The molecule has 5 heteroatoms. The quantitative estimate of drug-likeness (QED) is 0.845. The van der Waals surface area contributed by atoms with E-state index >= 15 is 0 Å². The standard InChI is InChI=1S/C14H17NO4/c1-14(2,3)19-13(18)15-7-6-9-4-5-10(12(16)17)8-11(9)15/h4-5,8H,6-7H2,1-3H3,(H,16,17). The number of carbonyl (C=O) groups is 2. The first-order chi connectivity index (χ1) is 8.78. The summed E-state index contributed by atoms with van der Waals surface area (Å²) < 4.78 is 5.32. The lowest BCUT2D eigenvalue weighted by Gasteiger charge is -2.24. The van der Waals surface area contributed by atoms with Crippen molar-refractivity contribution in [3.63, 3.8) is 0 Å². The van der Waals surface area contributed by atoms with Crippen LogP contribution in [-0.4, -0.2) is 29.3 Å². The molecule has 1 N–H and O–H groups in total. The van der Waals surface area contributed by atoms with E-state index in [4.69, 9.17) is 9.84 Å². The van der Waals surface area contributed by atoms with Crippen LogP contribution in [0.3, 0.4) is 0 Å². The summed E-state index contributed by atoms with van der Waals surface area (Å²) >= 11 is 0. The van der Waals surface area contributed by atoms with Gasteiger partial charge in [0.05, 0.1) is 11.3 Å². The van der Waals surface area contributed by atoms with Crippen LogP contribution in [0.2, 0.25) is 0 Å². The Morgan fingerprint density at radius 2 is 2.00 bits per heavy atom. The highest BCUT2D eigenvalue weighted by atomic mass is 16.6. The molecule has 0 atom stereocenters. The Hall–Kier alpha value is -2.04. The first kappa shape index (κ1) is 13.4. The second-order valence-corrected chi connectivity index (χ2v) is 5.53. The second kappa shape index (κ2) is 4.57. The Labute approximate surface area is 111 Å². The summed E-state index contributed by atoms with van der Waals surface area (Å²) in [4.78, 5) is 24.5. The smallest absolute Gasteiger partial charge is 0.414 e. The zero-order valence-corrected chi connectivity index (χ0v) is 11.3. The van der Waals surface area contributed by atoms with Crippen LogP contribution < -0.4 is 4.90 Å². The minimum absolute atomic E-state index is 0.175. The molecule has 1 heterocycles. The van der Waals surface area contributed by atoms with Crippen molar-refractivity contribution in [1.29, 1.82) is 0 Å². The lowest BCUT2D eigenvalue weighted by atomic mass is 10.1. The minimum atomic E-state index is -1.00. The molecule has 102 valence electrons. The van der Waals surface area contributed by atoms with E-state index in [1.54, 1.807) is 32.9 Å². The van der Waals surface area contributed by atoms with Crippen LogP contribution in [0.15, 0.2) is 18.2 Å². The lowest BCUT2D eigenvalue weighted by Crippen LogP contribution is -2.35. The highest BCUT2D eigenvalue weighted by Crippen LogP contribution is 2.30. The van der Waals surface area contributed by atoms with E-state index in [0.29, 0.717) is 18.7 Å². The van der Waals surface area contributed by atoms with Crippen LogP contribution in [0.25, 0.3) is 0 Å².